The van der Waals surface area contributed by atoms with Crippen LogP contribution in [0.4, 0.5) is 0 Å². The molecule has 0 atom stereocenters. The lowest BCUT2D eigenvalue weighted by atomic mass is 9.82. The Morgan fingerprint density at radius 2 is 1.93 bits per heavy atom. The van der Waals surface area contributed by atoms with Crippen molar-refractivity contribution in [3.05, 3.63) is 12.7 Å². The van der Waals surface area contributed by atoms with Gasteiger partial charge in [-0.15, -0.1) is 0 Å². The van der Waals surface area contributed by atoms with E-state index in [1.807, 2.05) is 0 Å². The van der Waals surface area contributed by atoms with Gasteiger partial charge in [0.1, 0.15) is 0 Å². The molecular formula is C11H19NO2. The minimum atomic E-state index is -0.314. The number of carbonyl (C=O) groups is 1. The first-order valence-corrected chi connectivity index (χ1v) is 5.25. The molecule has 14 heavy (non-hydrogen) atoms. The Hall–Kier alpha value is -0.830. The van der Waals surface area contributed by atoms with Crippen LogP contribution in [0.5, 0.6) is 0 Å². The summed E-state index contributed by atoms with van der Waals surface area (Å²) in [5.41, 5.74) is 5.59. The van der Waals surface area contributed by atoms with Gasteiger partial charge in [-0.05, 0) is 44.1 Å². The van der Waals surface area contributed by atoms with E-state index in [1.165, 1.54) is 18.9 Å². The standard InChI is InChI=1S/C11H19NO2/c1-2-11(13)14-8-10-5-3-9(7-12)4-6-10/h2,9-10H,1,3-8,12H2. The molecule has 0 aliphatic heterocycles. The molecule has 0 amide bonds. The van der Waals surface area contributed by atoms with E-state index in [4.69, 9.17) is 10.5 Å². The Morgan fingerprint density at radius 1 is 1.36 bits per heavy atom. The van der Waals surface area contributed by atoms with E-state index in [9.17, 15) is 4.79 Å². The van der Waals surface area contributed by atoms with Crippen molar-refractivity contribution in [2.45, 2.75) is 25.7 Å². The topological polar surface area (TPSA) is 52.3 Å². The Morgan fingerprint density at radius 3 is 2.43 bits per heavy atom. The molecule has 3 heteroatoms. The van der Waals surface area contributed by atoms with E-state index in [-0.39, 0.29) is 5.97 Å². The van der Waals surface area contributed by atoms with Crippen molar-refractivity contribution in [2.75, 3.05) is 13.2 Å². The first-order valence-electron chi connectivity index (χ1n) is 5.25. The minimum absolute atomic E-state index is 0.314. The summed E-state index contributed by atoms with van der Waals surface area (Å²) in [5.74, 6) is 0.897. The van der Waals surface area contributed by atoms with Crippen LogP contribution in [0.1, 0.15) is 25.7 Å². The lowest BCUT2D eigenvalue weighted by molar-refractivity contribution is -0.139. The Labute approximate surface area is 85.3 Å². The molecule has 0 unspecified atom stereocenters. The van der Waals surface area contributed by atoms with Gasteiger partial charge in [-0.25, -0.2) is 4.79 Å². The second-order valence-corrected chi connectivity index (χ2v) is 3.96. The van der Waals surface area contributed by atoms with E-state index in [0.717, 1.165) is 19.4 Å². The van der Waals surface area contributed by atoms with Gasteiger partial charge in [0.15, 0.2) is 0 Å². The molecule has 0 heterocycles. The molecule has 0 saturated heterocycles. The van der Waals surface area contributed by atoms with Crippen LogP contribution in [0.25, 0.3) is 0 Å². The summed E-state index contributed by atoms with van der Waals surface area (Å²) in [7, 11) is 0. The number of nitrogens with two attached hydrogens (primary N) is 1. The zero-order chi connectivity index (χ0) is 10.4. The molecule has 0 spiro atoms. The average Bonchev–Trinajstić information content (AvgIpc) is 2.26. The van der Waals surface area contributed by atoms with Crippen LogP contribution in [-0.4, -0.2) is 19.1 Å². The van der Waals surface area contributed by atoms with Crippen LogP contribution in [0.3, 0.4) is 0 Å². The quantitative estimate of drug-likeness (QED) is 0.548. The number of hydrogen-bond acceptors (Lipinski definition) is 3. The zero-order valence-electron chi connectivity index (χ0n) is 8.58. The molecule has 80 valence electrons. The average molecular weight is 197 g/mol. The summed E-state index contributed by atoms with van der Waals surface area (Å²) in [6, 6.07) is 0. The van der Waals surface area contributed by atoms with E-state index in [1.54, 1.807) is 0 Å². The van der Waals surface area contributed by atoms with Crippen molar-refractivity contribution in [2.24, 2.45) is 17.6 Å². The van der Waals surface area contributed by atoms with Gasteiger partial charge >= 0.3 is 5.97 Å². The third-order valence-electron chi connectivity index (χ3n) is 2.93. The SMILES string of the molecule is C=CC(=O)OCC1CCC(CN)CC1. The van der Waals surface area contributed by atoms with Gasteiger partial charge in [-0.3, -0.25) is 0 Å². The molecular weight excluding hydrogens is 178 g/mol. The Balaban J connectivity index is 2.16. The molecule has 1 fully saturated rings. The van der Waals surface area contributed by atoms with Crippen LogP contribution in [0.15, 0.2) is 12.7 Å². The van der Waals surface area contributed by atoms with Gasteiger partial charge in [-0.2, -0.15) is 0 Å². The van der Waals surface area contributed by atoms with Crippen molar-refractivity contribution < 1.29 is 9.53 Å². The zero-order valence-corrected chi connectivity index (χ0v) is 8.58. The minimum Gasteiger partial charge on any atom is -0.462 e. The third-order valence-corrected chi connectivity index (χ3v) is 2.93. The molecule has 0 aromatic heterocycles. The predicted octanol–water partition coefficient (Wildman–Crippen LogP) is 1.48. The summed E-state index contributed by atoms with van der Waals surface area (Å²) < 4.78 is 5.01. The molecule has 0 radical (unpaired) electrons. The van der Waals surface area contributed by atoms with E-state index in [2.05, 4.69) is 6.58 Å². The van der Waals surface area contributed by atoms with Gasteiger partial charge < -0.3 is 10.5 Å². The van der Waals surface area contributed by atoms with Gasteiger partial charge in [0, 0.05) is 6.08 Å². The highest BCUT2D eigenvalue weighted by atomic mass is 16.5. The van der Waals surface area contributed by atoms with Gasteiger partial charge in [0.05, 0.1) is 6.61 Å². The first-order chi connectivity index (χ1) is 6.76. The summed E-state index contributed by atoms with van der Waals surface area (Å²) >= 11 is 0. The second-order valence-electron chi connectivity index (χ2n) is 3.96. The molecule has 0 aromatic rings. The molecule has 2 N–H and O–H groups in total. The normalized spacial score (nSPS) is 26.9. The van der Waals surface area contributed by atoms with E-state index < -0.39 is 0 Å². The fourth-order valence-corrected chi connectivity index (χ4v) is 1.89. The predicted molar refractivity (Wildman–Crippen MR) is 55.7 cm³/mol. The number of carbonyl (C=O) groups excluding carboxylic acids is 1. The number of ether oxygens (including phenoxy) is 1. The Bertz CT molecular complexity index is 195. The van der Waals surface area contributed by atoms with Gasteiger partial charge in [0.2, 0.25) is 0 Å². The third kappa shape index (κ3) is 3.50. The van der Waals surface area contributed by atoms with Crippen LogP contribution in [0, 0.1) is 11.8 Å². The number of esters is 1. The fraction of sp³-hybridized carbons (Fsp3) is 0.727. The Kier molecular flexibility index (Phi) is 4.66. The first kappa shape index (κ1) is 11.2. The van der Waals surface area contributed by atoms with Gasteiger partial charge in [0.25, 0.3) is 0 Å². The van der Waals surface area contributed by atoms with Crippen LogP contribution < -0.4 is 5.73 Å². The highest BCUT2D eigenvalue weighted by molar-refractivity contribution is 5.81. The molecule has 1 aliphatic carbocycles. The van der Waals surface area contributed by atoms with Crippen molar-refractivity contribution in [3.8, 4) is 0 Å². The maximum atomic E-state index is 10.8. The molecule has 1 rings (SSSR count). The second kappa shape index (κ2) is 5.81. The van der Waals surface area contributed by atoms with E-state index in [0.29, 0.717) is 18.4 Å². The molecule has 0 bridgehead atoms. The summed E-state index contributed by atoms with van der Waals surface area (Å²) in [4.78, 5) is 10.8. The highest BCUT2D eigenvalue weighted by Crippen LogP contribution is 2.28. The lowest BCUT2D eigenvalue weighted by Crippen LogP contribution is -2.24. The van der Waals surface area contributed by atoms with Crippen molar-refractivity contribution in [1.82, 2.24) is 0 Å². The monoisotopic (exact) mass is 197 g/mol. The van der Waals surface area contributed by atoms with Crippen LogP contribution in [0.2, 0.25) is 0 Å². The van der Waals surface area contributed by atoms with Crippen molar-refractivity contribution >= 4 is 5.97 Å². The van der Waals surface area contributed by atoms with Crippen molar-refractivity contribution in [1.29, 1.82) is 0 Å². The highest BCUT2D eigenvalue weighted by Gasteiger charge is 2.20. The molecule has 3 nitrogen and oxygen atoms in total. The summed E-state index contributed by atoms with van der Waals surface area (Å²) in [5, 5.41) is 0. The number of rotatable bonds is 4. The molecule has 1 aliphatic rings. The van der Waals surface area contributed by atoms with Crippen molar-refractivity contribution in [3.63, 3.8) is 0 Å². The summed E-state index contributed by atoms with van der Waals surface area (Å²) in [6.07, 6.45) is 5.82. The van der Waals surface area contributed by atoms with Crippen LogP contribution >= 0.6 is 0 Å². The fourth-order valence-electron chi connectivity index (χ4n) is 1.89. The maximum absolute atomic E-state index is 10.8. The molecule has 1 saturated carbocycles. The van der Waals surface area contributed by atoms with Gasteiger partial charge in [-0.1, -0.05) is 6.58 Å². The maximum Gasteiger partial charge on any atom is 0.330 e. The largest absolute Gasteiger partial charge is 0.462 e. The van der Waals surface area contributed by atoms with Crippen LogP contribution in [-0.2, 0) is 9.53 Å². The molecule has 0 aromatic carbocycles. The number of hydrogen-bond donors (Lipinski definition) is 1. The lowest BCUT2D eigenvalue weighted by Gasteiger charge is -2.26. The smallest absolute Gasteiger partial charge is 0.330 e. The van der Waals surface area contributed by atoms with E-state index >= 15 is 0 Å². The summed E-state index contributed by atoms with van der Waals surface area (Å²) in [6.45, 7) is 4.69.